The van der Waals surface area contributed by atoms with Crippen molar-refractivity contribution in [1.82, 2.24) is 15.4 Å². The fourth-order valence-electron chi connectivity index (χ4n) is 0.501. The zero-order chi connectivity index (χ0) is 12.3. The van der Waals surface area contributed by atoms with Crippen LogP contribution in [0.15, 0.2) is 0 Å². The number of hydrogen-bond acceptors (Lipinski definition) is 3. The molecule has 0 bridgehead atoms. The van der Waals surface area contributed by atoms with Gasteiger partial charge in [0, 0.05) is 20.1 Å². The molecule has 0 saturated carbocycles. The molecule has 0 fully saturated rings. The van der Waals surface area contributed by atoms with Gasteiger partial charge in [-0.2, -0.15) is 0 Å². The molecule has 0 aliphatic carbocycles. The summed E-state index contributed by atoms with van der Waals surface area (Å²) in [7, 11) is -1.67. The van der Waals surface area contributed by atoms with Gasteiger partial charge in [-0.15, -0.1) is 0 Å². The van der Waals surface area contributed by atoms with E-state index in [1.54, 1.807) is 0 Å². The molecule has 92 valence electrons. The number of hydrogen-bond donors (Lipinski definition) is 3. The smallest absolute Gasteiger partial charge is 0.314 e. The molecule has 2 amide bonds. The van der Waals surface area contributed by atoms with Crippen molar-refractivity contribution in [2.24, 2.45) is 0 Å². The lowest BCUT2D eigenvalue weighted by molar-refractivity contribution is 0.243. The maximum atomic E-state index is 10.5. The first kappa shape index (κ1) is 16.6. The topological polar surface area (TPSA) is 87.3 Å². The van der Waals surface area contributed by atoms with Crippen molar-refractivity contribution in [1.29, 1.82) is 0 Å². The lowest BCUT2D eigenvalue weighted by atomic mass is 10.6. The van der Waals surface area contributed by atoms with Gasteiger partial charge in [0.05, 0.1) is 6.26 Å². The SMILES string of the molecule is CCC.CNC(=O)NCCNS(C)(=O)=O. The Morgan fingerprint density at radius 1 is 1.20 bits per heavy atom. The summed E-state index contributed by atoms with van der Waals surface area (Å²) in [4.78, 5) is 10.5. The molecule has 0 radical (unpaired) electrons. The zero-order valence-corrected chi connectivity index (χ0v) is 10.6. The van der Waals surface area contributed by atoms with E-state index in [4.69, 9.17) is 0 Å². The Bertz CT molecular complexity index is 252. The Morgan fingerprint density at radius 3 is 2.00 bits per heavy atom. The minimum absolute atomic E-state index is 0.201. The zero-order valence-electron chi connectivity index (χ0n) is 9.75. The second-order valence-electron chi connectivity index (χ2n) is 2.88. The first-order valence-electron chi connectivity index (χ1n) is 4.77. The van der Waals surface area contributed by atoms with Crippen LogP contribution in [0.1, 0.15) is 20.3 Å². The summed E-state index contributed by atoms with van der Waals surface area (Å²) in [5, 5.41) is 4.76. The third-order valence-corrected chi connectivity index (χ3v) is 1.73. The molecule has 0 saturated heterocycles. The molecular weight excluding hydrogens is 218 g/mol. The lowest BCUT2D eigenvalue weighted by Crippen LogP contribution is -2.38. The second-order valence-corrected chi connectivity index (χ2v) is 4.71. The van der Waals surface area contributed by atoms with Crippen LogP contribution < -0.4 is 15.4 Å². The largest absolute Gasteiger partial charge is 0.341 e. The molecule has 0 aliphatic rings. The van der Waals surface area contributed by atoms with E-state index in [-0.39, 0.29) is 19.1 Å². The van der Waals surface area contributed by atoms with Crippen molar-refractivity contribution in [3.8, 4) is 0 Å². The second kappa shape index (κ2) is 9.72. The van der Waals surface area contributed by atoms with Crippen LogP contribution in [0.4, 0.5) is 4.79 Å². The number of amides is 2. The van der Waals surface area contributed by atoms with Crippen molar-refractivity contribution in [2.75, 3.05) is 26.4 Å². The monoisotopic (exact) mass is 239 g/mol. The average molecular weight is 239 g/mol. The molecule has 0 rings (SSSR count). The maximum Gasteiger partial charge on any atom is 0.314 e. The van der Waals surface area contributed by atoms with Crippen LogP contribution in [0.25, 0.3) is 0 Å². The normalized spacial score (nSPS) is 9.87. The van der Waals surface area contributed by atoms with Gasteiger partial charge in [0.25, 0.3) is 0 Å². The molecule has 6 nitrogen and oxygen atoms in total. The molecule has 7 heteroatoms. The van der Waals surface area contributed by atoms with Crippen LogP contribution in [0.2, 0.25) is 0 Å². The van der Waals surface area contributed by atoms with Gasteiger partial charge in [-0.05, 0) is 0 Å². The standard InChI is InChI=1S/C5H13N3O3S.C3H8/c1-6-5(9)7-3-4-8-12(2,10)11;1-3-2/h8H,3-4H2,1-2H3,(H2,6,7,9);3H2,1-2H3. The number of rotatable bonds is 4. The highest BCUT2D eigenvalue weighted by molar-refractivity contribution is 7.88. The number of sulfonamides is 1. The molecule has 0 aliphatic heterocycles. The Kier molecular flexibility index (Phi) is 10.8. The first-order valence-corrected chi connectivity index (χ1v) is 6.66. The molecule has 0 atom stereocenters. The van der Waals surface area contributed by atoms with E-state index >= 15 is 0 Å². The highest BCUT2D eigenvalue weighted by atomic mass is 32.2. The van der Waals surface area contributed by atoms with Crippen molar-refractivity contribution in [2.45, 2.75) is 20.3 Å². The summed E-state index contributed by atoms with van der Waals surface area (Å²) < 4.78 is 23.2. The Morgan fingerprint density at radius 2 is 1.67 bits per heavy atom. The number of carbonyl (C=O) groups is 1. The molecule has 0 aromatic rings. The summed E-state index contributed by atoms with van der Waals surface area (Å²) in [6.07, 6.45) is 2.31. The van der Waals surface area contributed by atoms with E-state index in [0.717, 1.165) is 6.26 Å². The Hall–Kier alpha value is -0.820. The molecular formula is C8H21N3O3S. The van der Waals surface area contributed by atoms with Crippen LogP contribution >= 0.6 is 0 Å². The molecule has 0 unspecified atom stereocenters. The van der Waals surface area contributed by atoms with Crippen molar-refractivity contribution in [3.63, 3.8) is 0 Å². The third kappa shape index (κ3) is 19.5. The van der Waals surface area contributed by atoms with Crippen molar-refractivity contribution >= 4 is 16.1 Å². The van der Waals surface area contributed by atoms with Gasteiger partial charge in [0.15, 0.2) is 0 Å². The summed E-state index contributed by atoms with van der Waals surface area (Å²) in [5.74, 6) is 0. The Balaban J connectivity index is 0. The summed E-state index contributed by atoms with van der Waals surface area (Å²) in [5.41, 5.74) is 0. The molecule has 0 heterocycles. The van der Waals surface area contributed by atoms with E-state index in [1.807, 2.05) is 0 Å². The highest BCUT2D eigenvalue weighted by Crippen LogP contribution is 1.70. The van der Waals surface area contributed by atoms with E-state index in [0.29, 0.717) is 0 Å². The molecule has 3 N–H and O–H groups in total. The molecule has 15 heavy (non-hydrogen) atoms. The van der Waals surface area contributed by atoms with Crippen molar-refractivity contribution < 1.29 is 13.2 Å². The van der Waals surface area contributed by atoms with Crippen LogP contribution in [0.5, 0.6) is 0 Å². The van der Waals surface area contributed by atoms with Gasteiger partial charge in [0.2, 0.25) is 10.0 Å². The predicted molar refractivity (Wildman–Crippen MR) is 61.3 cm³/mol. The van der Waals surface area contributed by atoms with E-state index in [9.17, 15) is 13.2 Å². The molecule has 0 aromatic heterocycles. The molecule has 0 aromatic carbocycles. The number of nitrogens with one attached hydrogen (secondary N) is 3. The third-order valence-electron chi connectivity index (χ3n) is 1.00. The summed E-state index contributed by atoms with van der Waals surface area (Å²) in [6.45, 7) is 4.72. The van der Waals surface area contributed by atoms with E-state index < -0.39 is 10.0 Å². The van der Waals surface area contributed by atoms with Crippen LogP contribution in [-0.4, -0.2) is 40.8 Å². The van der Waals surface area contributed by atoms with Crippen molar-refractivity contribution in [3.05, 3.63) is 0 Å². The summed E-state index contributed by atoms with van der Waals surface area (Å²) >= 11 is 0. The van der Waals surface area contributed by atoms with Gasteiger partial charge in [-0.25, -0.2) is 17.9 Å². The van der Waals surface area contributed by atoms with Crippen LogP contribution in [0.3, 0.4) is 0 Å². The van der Waals surface area contributed by atoms with Gasteiger partial charge >= 0.3 is 6.03 Å². The number of carbonyl (C=O) groups excluding carboxylic acids is 1. The van der Waals surface area contributed by atoms with Gasteiger partial charge in [0.1, 0.15) is 0 Å². The summed E-state index contributed by atoms with van der Waals surface area (Å²) in [6, 6.07) is -0.328. The maximum absolute atomic E-state index is 10.5. The van der Waals surface area contributed by atoms with Crippen LogP contribution in [0, 0.1) is 0 Å². The van der Waals surface area contributed by atoms with E-state index in [2.05, 4.69) is 29.2 Å². The van der Waals surface area contributed by atoms with Gasteiger partial charge in [-0.1, -0.05) is 20.3 Å². The quantitative estimate of drug-likeness (QED) is 0.598. The van der Waals surface area contributed by atoms with Gasteiger partial charge in [-0.3, -0.25) is 0 Å². The predicted octanol–water partition coefficient (Wildman–Crippen LogP) is -0.119. The highest BCUT2D eigenvalue weighted by Gasteiger charge is 1.99. The minimum atomic E-state index is -3.15. The Labute approximate surface area is 91.9 Å². The first-order chi connectivity index (χ1) is 6.87. The fourth-order valence-corrected chi connectivity index (χ4v) is 0.974. The van der Waals surface area contributed by atoms with Gasteiger partial charge < -0.3 is 10.6 Å². The number of urea groups is 1. The average Bonchev–Trinajstić information content (AvgIpc) is 2.12. The lowest BCUT2D eigenvalue weighted by Gasteiger charge is -2.03. The van der Waals surface area contributed by atoms with Crippen LogP contribution in [-0.2, 0) is 10.0 Å². The molecule has 0 spiro atoms. The fraction of sp³-hybridized carbons (Fsp3) is 0.875. The van der Waals surface area contributed by atoms with E-state index in [1.165, 1.54) is 13.5 Å². The minimum Gasteiger partial charge on any atom is -0.341 e.